The molecule has 1 saturated heterocycles. The first-order chi connectivity index (χ1) is 12.7. The van der Waals surface area contributed by atoms with Gasteiger partial charge in [-0.1, -0.05) is 0 Å². The van der Waals surface area contributed by atoms with E-state index in [2.05, 4.69) is 36.2 Å². The van der Waals surface area contributed by atoms with E-state index in [0.717, 1.165) is 43.2 Å². The highest BCUT2D eigenvalue weighted by molar-refractivity contribution is 5.50. The van der Waals surface area contributed by atoms with Gasteiger partial charge in [-0.05, 0) is 25.0 Å². The number of anilines is 2. The van der Waals surface area contributed by atoms with Gasteiger partial charge in [-0.2, -0.15) is 9.78 Å². The maximum absolute atomic E-state index is 9.23. The molecule has 1 aliphatic heterocycles. The molecule has 0 spiro atoms. The molecule has 9 nitrogen and oxygen atoms in total. The Morgan fingerprint density at radius 2 is 1.88 bits per heavy atom. The fraction of sp³-hybridized carbons (Fsp3) is 0.412. The minimum absolute atomic E-state index is 0.272. The first kappa shape index (κ1) is 16.2. The van der Waals surface area contributed by atoms with Gasteiger partial charge in [0.25, 0.3) is 0 Å². The van der Waals surface area contributed by atoms with Crippen molar-refractivity contribution in [3.8, 4) is 6.07 Å². The van der Waals surface area contributed by atoms with Crippen molar-refractivity contribution in [3.05, 3.63) is 36.0 Å². The smallest absolute Gasteiger partial charge is 0.183 e. The van der Waals surface area contributed by atoms with E-state index in [4.69, 9.17) is 0 Å². The minimum atomic E-state index is 0.272. The molecule has 0 bridgehead atoms. The standard InChI is InChI=1S/C17H19N9/c1-24(2)15-4-3-14-21-22-16(26(14)23-15)12-5-9-25(10-6-12)17-13(11-18)19-7-8-20-17/h3-4,7-8,12H,5-6,9-10H2,1-2H3. The lowest BCUT2D eigenvalue weighted by Crippen LogP contribution is -2.34. The van der Waals surface area contributed by atoms with E-state index in [1.807, 2.05) is 35.6 Å². The van der Waals surface area contributed by atoms with Gasteiger partial charge in [0.1, 0.15) is 11.9 Å². The number of rotatable bonds is 3. The van der Waals surface area contributed by atoms with Gasteiger partial charge in [0.05, 0.1) is 0 Å². The van der Waals surface area contributed by atoms with Crippen LogP contribution in [0.25, 0.3) is 5.65 Å². The van der Waals surface area contributed by atoms with Crippen molar-refractivity contribution in [2.75, 3.05) is 37.0 Å². The topological polar surface area (TPSA) is 99.1 Å². The summed E-state index contributed by atoms with van der Waals surface area (Å²) in [6, 6.07) is 5.99. The molecule has 3 aromatic heterocycles. The summed E-state index contributed by atoms with van der Waals surface area (Å²) in [6.07, 6.45) is 4.97. The molecule has 0 aromatic carbocycles. The van der Waals surface area contributed by atoms with Crippen molar-refractivity contribution in [2.45, 2.75) is 18.8 Å². The third kappa shape index (κ3) is 2.79. The summed E-state index contributed by atoms with van der Waals surface area (Å²) in [6.45, 7) is 1.58. The maximum atomic E-state index is 9.23. The van der Waals surface area contributed by atoms with Crippen LogP contribution in [0.2, 0.25) is 0 Å². The zero-order chi connectivity index (χ0) is 18.1. The summed E-state index contributed by atoms with van der Waals surface area (Å²) in [5, 5.41) is 22.5. The Morgan fingerprint density at radius 1 is 1.12 bits per heavy atom. The molecular formula is C17H19N9. The van der Waals surface area contributed by atoms with E-state index in [9.17, 15) is 5.26 Å². The molecule has 4 rings (SSSR count). The van der Waals surface area contributed by atoms with Crippen LogP contribution < -0.4 is 9.80 Å². The summed E-state index contributed by atoms with van der Waals surface area (Å²) in [4.78, 5) is 12.5. The summed E-state index contributed by atoms with van der Waals surface area (Å²) in [5.41, 5.74) is 1.13. The first-order valence-corrected chi connectivity index (χ1v) is 8.53. The fourth-order valence-corrected chi connectivity index (χ4v) is 3.28. The maximum Gasteiger partial charge on any atom is 0.183 e. The zero-order valence-electron chi connectivity index (χ0n) is 14.7. The number of nitriles is 1. The predicted molar refractivity (Wildman–Crippen MR) is 96.0 cm³/mol. The Labute approximate surface area is 150 Å². The van der Waals surface area contributed by atoms with Crippen LogP contribution in [-0.4, -0.2) is 57.0 Å². The number of hydrogen-bond acceptors (Lipinski definition) is 8. The molecule has 1 aliphatic rings. The number of nitrogens with zero attached hydrogens (tertiary/aromatic N) is 9. The Morgan fingerprint density at radius 3 is 2.62 bits per heavy atom. The van der Waals surface area contributed by atoms with Crippen molar-refractivity contribution in [2.24, 2.45) is 0 Å². The Hall–Kier alpha value is -3.28. The Balaban J connectivity index is 1.56. The van der Waals surface area contributed by atoms with Crippen molar-refractivity contribution >= 4 is 17.3 Å². The first-order valence-electron chi connectivity index (χ1n) is 8.53. The number of fused-ring (bicyclic) bond motifs is 1. The van der Waals surface area contributed by atoms with Gasteiger partial charge < -0.3 is 9.80 Å². The van der Waals surface area contributed by atoms with Crippen molar-refractivity contribution < 1.29 is 0 Å². The average Bonchev–Trinajstić information content (AvgIpc) is 3.11. The molecule has 0 saturated carbocycles. The third-order valence-corrected chi connectivity index (χ3v) is 4.68. The van der Waals surface area contributed by atoms with E-state index in [0.29, 0.717) is 11.5 Å². The SMILES string of the molecule is CN(C)c1ccc2nnc(C3CCN(c4nccnc4C#N)CC3)n2n1. The van der Waals surface area contributed by atoms with Gasteiger partial charge in [0, 0.05) is 45.5 Å². The molecule has 0 N–H and O–H groups in total. The van der Waals surface area contributed by atoms with Gasteiger partial charge in [-0.3, -0.25) is 0 Å². The zero-order valence-corrected chi connectivity index (χ0v) is 14.7. The molecule has 0 amide bonds. The van der Waals surface area contributed by atoms with Crippen LogP contribution in [0.4, 0.5) is 11.6 Å². The van der Waals surface area contributed by atoms with Crippen LogP contribution in [0, 0.1) is 11.3 Å². The largest absolute Gasteiger partial charge is 0.361 e. The van der Waals surface area contributed by atoms with Crippen molar-refractivity contribution in [3.63, 3.8) is 0 Å². The van der Waals surface area contributed by atoms with E-state index in [1.165, 1.54) is 0 Å². The molecule has 26 heavy (non-hydrogen) atoms. The summed E-state index contributed by atoms with van der Waals surface area (Å²) < 4.78 is 1.85. The Kier molecular flexibility index (Phi) is 4.08. The highest BCUT2D eigenvalue weighted by atomic mass is 15.4. The second kappa shape index (κ2) is 6.55. The normalized spacial score (nSPS) is 15.2. The van der Waals surface area contributed by atoms with E-state index in [1.54, 1.807) is 12.4 Å². The lowest BCUT2D eigenvalue weighted by atomic mass is 9.96. The molecule has 0 atom stereocenters. The monoisotopic (exact) mass is 349 g/mol. The van der Waals surface area contributed by atoms with E-state index < -0.39 is 0 Å². The van der Waals surface area contributed by atoms with E-state index >= 15 is 0 Å². The number of hydrogen-bond donors (Lipinski definition) is 0. The Bertz CT molecular complexity index is 964. The van der Waals surface area contributed by atoms with Crippen molar-refractivity contribution in [1.29, 1.82) is 5.26 Å². The second-order valence-corrected chi connectivity index (χ2v) is 6.52. The molecule has 0 aliphatic carbocycles. The van der Waals surface area contributed by atoms with Crippen LogP contribution in [0.3, 0.4) is 0 Å². The third-order valence-electron chi connectivity index (χ3n) is 4.68. The summed E-state index contributed by atoms with van der Waals surface area (Å²) in [7, 11) is 3.93. The van der Waals surface area contributed by atoms with Crippen molar-refractivity contribution in [1.82, 2.24) is 29.8 Å². The molecule has 1 fully saturated rings. The van der Waals surface area contributed by atoms with Crippen LogP contribution >= 0.6 is 0 Å². The highest BCUT2D eigenvalue weighted by Gasteiger charge is 2.27. The van der Waals surface area contributed by atoms with Crippen LogP contribution in [-0.2, 0) is 0 Å². The molecule has 0 unspecified atom stereocenters. The average molecular weight is 349 g/mol. The number of piperidine rings is 1. The molecule has 3 aromatic rings. The lowest BCUT2D eigenvalue weighted by Gasteiger charge is -2.32. The van der Waals surface area contributed by atoms with Crippen LogP contribution in [0.15, 0.2) is 24.5 Å². The van der Waals surface area contributed by atoms with Gasteiger partial charge in [-0.25, -0.2) is 9.97 Å². The summed E-state index contributed by atoms with van der Waals surface area (Å²) in [5.74, 6) is 2.69. The fourth-order valence-electron chi connectivity index (χ4n) is 3.28. The molecule has 132 valence electrons. The second-order valence-electron chi connectivity index (χ2n) is 6.52. The van der Waals surface area contributed by atoms with Gasteiger partial charge in [0.15, 0.2) is 23.0 Å². The molecule has 9 heteroatoms. The summed E-state index contributed by atoms with van der Waals surface area (Å²) >= 11 is 0. The molecule has 0 radical (unpaired) electrons. The quantitative estimate of drug-likeness (QED) is 0.696. The predicted octanol–water partition coefficient (Wildman–Crippen LogP) is 1.24. The van der Waals surface area contributed by atoms with Crippen LogP contribution in [0.5, 0.6) is 0 Å². The number of aromatic nitrogens is 6. The van der Waals surface area contributed by atoms with Gasteiger partial charge in [-0.15, -0.1) is 15.3 Å². The van der Waals surface area contributed by atoms with Gasteiger partial charge in [0.2, 0.25) is 0 Å². The molecule has 4 heterocycles. The molecular weight excluding hydrogens is 330 g/mol. The van der Waals surface area contributed by atoms with Gasteiger partial charge >= 0.3 is 0 Å². The van der Waals surface area contributed by atoms with E-state index in [-0.39, 0.29) is 5.92 Å². The highest BCUT2D eigenvalue weighted by Crippen LogP contribution is 2.29. The lowest BCUT2D eigenvalue weighted by molar-refractivity contribution is 0.474. The minimum Gasteiger partial charge on any atom is -0.361 e. The van der Waals surface area contributed by atoms with Crippen LogP contribution in [0.1, 0.15) is 30.3 Å².